The first-order valence-electron chi connectivity index (χ1n) is 10.2. The fourth-order valence-corrected chi connectivity index (χ4v) is 5.38. The zero-order chi connectivity index (χ0) is 17.5. The number of piperidine rings is 1. The van der Waals surface area contributed by atoms with Gasteiger partial charge < -0.3 is 14.5 Å². The number of carbonyl (C=O) groups is 1. The Morgan fingerprint density at radius 2 is 1.65 bits per heavy atom. The molecule has 0 saturated carbocycles. The van der Waals surface area contributed by atoms with E-state index in [1.165, 1.54) is 30.4 Å². The minimum absolute atomic E-state index is 0.250. The van der Waals surface area contributed by atoms with Gasteiger partial charge in [-0.05, 0) is 42.7 Å². The molecular weight excluding hydrogens is 326 g/mol. The lowest BCUT2D eigenvalue weighted by molar-refractivity contribution is 0.0339. The molecule has 4 heterocycles. The molecule has 0 N–H and O–H groups in total. The molecule has 1 aromatic carbocycles. The van der Waals surface area contributed by atoms with E-state index >= 15 is 0 Å². The first-order chi connectivity index (χ1) is 12.8. The second-order valence-corrected chi connectivity index (χ2v) is 8.42. The van der Waals surface area contributed by atoms with Gasteiger partial charge in [-0.3, -0.25) is 4.90 Å². The van der Waals surface area contributed by atoms with Gasteiger partial charge >= 0.3 is 6.03 Å². The molecule has 1 aromatic rings. The SMILES string of the molecule is O=C(N1CCOCC1)N1C[C@@H]2CC[C@H]1CN(C1Cc3ccccc3C1)C2. The molecule has 0 spiro atoms. The van der Waals surface area contributed by atoms with Crippen LogP contribution in [0.2, 0.25) is 0 Å². The highest BCUT2D eigenvalue weighted by Gasteiger charge is 2.41. The van der Waals surface area contributed by atoms with E-state index in [1.54, 1.807) is 0 Å². The average molecular weight is 355 g/mol. The molecular formula is C21H29N3O2. The zero-order valence-electron chi connectivity index (χ0n) is 15.5. The van der Waals surface area contributed by atoms with E-state index in [1.807, 2.05) is 4.90 Å². The fourth-order valence-electron chi connectivity index (χ4n) is 5.38. The third kappa shape index (κ3) is 3.01. The van der Waals surface area contributed by atoms with Crippen molar-refractivity contribution in [2.45, 2.75) is 37.8 Å². The minimum atomic E-state index is 0.250. The van der Waals surface area contributed by atoms with Gasteiger partial charge in [-0.1, -0.05) is 24.3 Å². The minimum Gasteiger partial charge on any atom is -0.378 e. The Bertz CT molecular complexity index is 648. The first-order valence-corrected chi connectivity index (χ1v) is 10.2. The van der Waals surface area contributed by atoms with Gasteiger partial charge in [-0.25, -0.2) is 4.79 Å². The van der Waals surface area contributed by atoms with Crippen molar-refractivity contribution >= 4 is 6.03 Å². The van der Waals surface area contributed by atoms with Crippen molar-refractivity contribution in [1.82, 2.24) is 14.7 Å². The number of hydrogen-bond donors (Lipinski definition) is 0. The van der Waals surface area contributed by atoms with Crippen LogP contribution in [0.15, 0.2) is 24.3 Å². The van der Waals surface area contributed by atoms with Crippen molar-refractivity contribution in [3.63, 3.8) is 0 Å². The molecule has 0 aromatic heterocycles. The number of amides is 2. The van der Waals surface area contributed by atoms with Gasteiger partial charge in [0.25, 0.3) is 0 Å². The summed E-state index contributed by atoms with van der Waals surface area (Å²) in [5.74, 6) is 0.627. The molecule has 140 valence electrons. The predicted molar refractivity (Wildman–Crippen MR) is 100 cm³/mol. The number of ether oxygens (including phenoxy) is 1. The van der Waals surface area contributed by atoms with Gasteiger partial charge in [0.2, 0.25) is 0 Å². The maximum absolute atomic E-state index is 13.1. The summed E-state index contributed by atoms with van der Waals surface area (Å²) in [4.78, 5) is 20.0. The van der Waals surface area contributed by atoms with Crippen LogP contribution in [0.1, 0.15) is 24.0 Å². The van der Waals surface area contributed by atoms with E-state index in [2.05, 4.69) is 34.1 Å². The molecule has 4 fully saturated rings. The molecule has 0 radical (unpaired) electrons. The van der Waals surface area contributed by atoms with Crippen molar-refractivity contribution in [1.29, 1.82) is 0 Å². The lowest BCUT2D eigenvalue weighted by Crippen LogP contribution is -2.55. The normalized spacial score (nSPS) is 29.7. The van der Waals surface area contributed by atoms with Crippen molar-refractivity contribution < 1.29 is 9.53 Å². The third-order valence-corrected chi connectivity index (χ3v) is 6.81. The Labute approximate surface area is 155 Å². The highest BCUT2D eigenvalue weighted by Crippen LogP contribution is 2.33. The Morgan fingerprint density at radius 3 is 2.38 bits per heavy atom. The van der Waals surface area contributed by atoms with E-state index in [-0.39, 0.29) is 6.03 Å². The van der Waals surface area contributed by atoms with E-state index in [9.17, 15) is 4.79 Å². The molecule has 4 aliphatic heterocycles. The largest absolute Gasteiger partial charge is 0.378 e. The lowest BCUT2D eigenvalue weighted by Gasteiger charge is -2.40. The molecule has 5 heteroatoms. The Morgan fingerprint density at radius 1 is 0.923 bits per heavy atom. The van der Waals surface area contributed by atoms with Crippen LogP contribution in [0.4, 0.5) is 4.79 Å². The van der Waals surface area contributed by atoms with Gasteiger partial charge in [0.1, 0.15) is 0 Å². The maximum Gasteiger partial charge on any atom is 0.320 e. The van der Waals surface area contributed by atoms with Gasteiger partial charge in [0.05, 0.1) is 13.2 Å². The molecule has 6 rings (SSSR count). The fraction of sp³-hybridized carbons (Fsp3) is 0.667. The highest BCUT2D eigenvalue weighted by atomic mass is 16.5. The van der Waals surface area contributed by atoms with E-state index in [0.717, 1.165) is 39.1 Å². The number of morpholine rings is 1. The number of urea groups is 1. The lowest BCUT2D eigenvalue weighted by atomic mass is 9.95. The van der Waals surface area contributed by atoms with E-state index < -0.39 is 0 Å². The summed E-state index contributed by atoms with van der Waals surface area (Å²) in [6, 6.07) is 10.2. The molecule has 2 amide bonds. The van der Waals surface area contributed by atoms with Crippen LogP contribution in [-0.2, 0) is 17.6 Å². The number of fused-ring (bicyclic) bond motifs is 5. The summed E-state index contributed by atoms with van der Waals surface area (Å²) in [5, 5.41) is 0. The number of benzene rings is 1. The van der Waals surface area contributed by atoms with Gasteiger partial charge in [0.15, 0.2) is 0 Å². The van der Waals surface area contributed by atoms with Crippen molar-refractivity contribution in [2.24, 2.45) is 5.92 Å². The topological polar surface area (TPSA) is 36.0 Å². The van der Waals surface area contributed by atoms with Gasteiger partial charge in [0, 0.05) is 44.8 Å². The first kappa shape index (κ1) is 16.6. The van der Waals surface area contributed by atoms with Crippen LogP contribution >= 0.6 is 0 Å². The summed E-state index contributed by atoms with van der Waals surface area (Å²) < 4.78 is 5.42. The molecule has 1 aliphatic carbocycles. The third-order valence-electron chi connectivity index (χ3n) is 6.81. The van der Waals surface area contributed by atoms with Crippen molar-refractivity contribution in [3.8, 4) is 0 Å². The van der Waals surface area contributed by atoms with Crippen molar-refractivity contribution in [2.75, 3.05) is 45.9 Å². The zero-order valence-corrected chi connectivity index (χ0v) is 15.5. The van der Waals surface area contributed by atoms with Crippen LogP contribution in [-0.4, -0.2) is 78.8 Å². The second kappa shape index (κ2) is 6.86. The summed E-state index contributed by atoms with van der Waals surface area (Å²) in [6.07, 6.45) is 4.78. The van der Waals surface area contributed by atoms with Gasteiger partial charge in [-0.15, -0.1) is 0 Å². The number of carbonyl (C=O) groups excluding carboxylic acids is 1. The molecule has 5 aliphatic rings. The summed E-state index contributed by atoms with van der Waals surface area (Å²) in [6.45, 7) is 5.99. The summed E-state index contributed by atoms with van der Waals surface area (Å²) in [7, 11) is 0. The Hall–Kier alpha value is -1.59. The number of hydrogen-bond acceptors (Lipinski definition) is 3. The van der Waals surface area contributed by atoms with Gasteiger partial charge in [-0.2, -0.15) is 0 Å². The van der Waals surface area contributed by atoms with Crippen LogP contribution in [0.5, 0.6) is 0 Å². The molecule has 5 nitrogen and oxygen atoms in total. The second-order valence-electron chi connectivity index (χ2n) is 8.42. The highest BCUT2D eigenvalue weighted by molar-refractivity contribution is 5.75. The van der Waals surface area contributed by atoms with E-state index in [4.69, 9.17) is 4.74 Å². The van der Waals surface area contributed by atoms with Crippen LogP contribution in [0.25, 0.3) is 0 Å². The van der Waals surface area contributed by atoms with E-state index in [0.29, 0.717) is 31.2 Å². The van der Waals surface area contributed by atoms with Crippen LogP contribution < -0.4 is 0 Å². The Balaban J connectivity index is 1.29. The summed E-state index contributed by atoms with van der Waals surface area (Å²) in [5.41, 5.74) is 3.05. The quantitative estimate of drug-likeness (QED) is 0.773. The molecule has 0 unspecified atom stereocenters. The number of rotatable bonds is 1. The number of nitrogens with zero attached hydrogens (tertiary/aromatic N) is 3. The average Bonchev–Trinajstić information content (AvgIpc) is 2.91. The molecule has 2 bridgehead atoms. The molecule has 4 saturated heterocycles. The molecule has 2 atom stereocenters. The predicted octanol–water partition coefficient (Wildman–Crippen LogP) is 2.00. The molecule has 26 heavy (non-hydrogen) atoms. The smallest absolute Gasteiger partial charge is 0.320 e. The Kier molecular flexibility index (Phi) is 4.37. The van der Waals surface area contributed by atoms with Crippen LogP contribution in [0.3, 0.4) is 0 Å². The monoisotopic (exact) mass is 355 g/mol. The van der Waals surface area contributed by atoms with Crippen molar-refractivity contribution in [3.05, 3.63) is 35.4 Å². The maximum atomic E-state index is 13.1. The summed E-state index contributed by atoms with van der Waals surface area (Å²) >= 11 is 0. The van der Waals surface area contributed by atoms with Crippen LogP contribution in [0, 0.1) is 5.92 Å². The standard InChI is InChI=1S/C21H29N3O2/c25-21(22-7-9-26-10-8-22)24-14-16-5-6-19(24)15-23(13-16)20-11-17-3-1-2-4-18(17)12-20/h1-4,16,19-20H,5-15H2/t16-,19+/m1/s1.